The summed E-state index contributed by atoms with van der Waals surface area (Å²) in [4.78, 5) is 24.6. The van der Waals surface area contributed by atoms with Crippen LogP contribution in [0.3, 0.4) is 0 Å². The fourth-order valence-corrected chi connectivity index (χ4v) is 3.90. The maximum absolute atomic E-state index is 12.7. The summed E-state index contributed by atoms with van der Waals surface area (Å²) in [6, 6.07) is 18.6. The van der Waals surface area contributed by atoms with E-state index in [4.69, 9.17) is 4.74 Å². The molecule has 0 heterocycles. The van der Waals surface area contributed by atoms with Gasteiger partial charge < -0.3 is 15.4 Å². The summed E-state index contributed by atoms with van der Waals surface area (Å²) in [5.74, 6) is -0.299. The molecule has 0 unspecified atom stereocenters. The van der Waals surface area contributed by atoms with Crippen molar-refractivity contribution < 1.29 is 22.7 Å². The molecule has 0 aliphatic carbocycles. The van der Waals surface area contributed by atoms with Crippen LogP contribution in [0.5, 0.6) is 5.75 Å². The van der Waals surface area contributed by atoms with Crippen molar-refractivity contribution in [2.45, 2.75) is 4.90 Å². The van der Waals surface area contributed by atoms with Crippen LogP contribution in [0.2, 0.25) is 0 Å². The molecule has 160 valence electrons. The van der Waals surface area contributed by atoms with E-state index in [-0.39, 0.29) is 16.4 Å². The van der Waals surface area contributed by atoms with Gasteiger partial charge in [-0.1, -0.05) is 18.2 Å². The first kappa shape index (κ1) is 21.8. The van der Waals surface area contributed by atoms with Gasteiger partial charge in [0.25, 0.3) is 21.8 Å². The lowest BCUT2D eigenvalue weighted by atomic mass is 10.1. The van der Waals surface area contributed by atoms with E-state index in [9.17, 15) is 18.0 Å². The number of methoxy groups -OCH3 is 1. The van der Waals surface area contributed by atoms with Gasteiger partial charge in [0.2, 0.25) is 0 Å². The number of hydrogen-bond donors (Lipinski definition) is 3. The first-order valence-electron chi connectivity index (χ1n) is 9.23. The van der Waals surface area contributed by atoms with Crippen LogP contribution in [0.25, 0.3) is 0 Å². The Balaban J connectivity index is 1.82. The molecule has 0 bridgehead atoms. The zero-order valence-electron chi connectivity index (χ0n) is 16.9. The van der Waals surface area contributed by atoms with Crippen LogP contribution in [0, 0.1) is 0 Å². The van der Waals surface area contributed by atoms with Gasteiger partial charge in [0.1, 0.15) is 5.75 Å². The van der Waals surface area contributed by atoms with E-state index in [1.165, 1.54) is 38.4 Å². The molecular weight excluding hydrogens is 418 g/mol. The number of ether oxygens (including phenoxy) is 1. The van der Waals surface area contributed by atoms with Crippen LogP contribution in [-0.4, -0.2) is 34.4 Å². The number of anilines is 2. The average molecular weight is 439 g/mol. The molecule has 0 saturated heterocycles. The largest absolute Gasteiger partial charge is 0.497 e. The summed E-state index contributed by atoms with van der Waals surface area (Å²) in [7, 11) is -0.914. The Hall–Kier alpha value is -3.85. The Kier molecular flexibility index (Phi) is 6.56. The van der Waals surface area contributed by atoms with E-state index in [2.05, 4.69) is 15.4 Å². The van der Waals surface area contributed by atoms with Gasteiger partial charge in [-0.3, -0.25) is 14.3 Å². The van der Waals surface area contributed by atoms with Gasteiger partial charge in [-0.15, -0.1) is 0 Å². The third-order valence-electron chi connectivity index (χ3n) is 4.40. The Morgan fingerprint density at radius 1 is 0.871 bits per heavy atom. The molecular formula is C22H21N3O5S. The number of sulfonamides is 1. The maximum atomic E-state index is 12.7. The molecule has 0 radical (unpaired) electrons. The van der Waals surface area contributed by atoms with Crippen molar-refractivity contribution in [3.05, 3.63) is 83.9 Å². The van der Waals surface area contributed by atoms with Crippen LogP contribution in [-0.2, 0) is 10.0 Å². The number of nitrogens with one attached hydrogen (secondary N) is 3. The first-order chi connectivity index (χ1) is 14.8. The van der Waals surface area contributed by atoms with Crippen molar-refractivity contribution >= 4 is 33.2 Å². The lowest BCUT2D eigenvalue weighted by Gasteiger charge is -2.12. The molecule has 9 heteroatoms. The molecule has 0 aliphatic rings. The smallest absolute Gasteiger partial charge is 0.261 e. The molecule has 0 spiro atoms. The molecule has 3 aromatic rings. The van der Waals surface area contributed by atoms with E-state index in [1.54, 1.807) is 48.5 Å². The monoisotopic (exact) mass is 439 g/mol. The average Bonchev–Trinajstić information content (AvgIpc) is 2.79. The van der Waals surface area contributed by atoms with E-state index in [0.29, 0.717) is 22.7 Å². The van der Waals surface area contributed by atoms with E-state index >= 15 is 0 Å². The third kappa shape index (κ3) is 5.20. The third-order valence-corrected chi connectivity index (χ3v) is 5.77. The molecule has 8 nitrogen and oxygen atoms in total. The summed E-state index contributed by atoms with van der Waals surface area (Å²) >= 11 is 0. The van der Waals surface area contributed by atoms with E-state index in [1.807, 2.05) is 0 Å². The predicted molar refractivity (Wildman–Crippen MR) is 118 cm³/mol. The summed E-state index contributed by atoms with van der Waals surface area (Å²) in [6.07, 6.45) is 0. The van der Waals surface area contributed by atoms with Crippen molar-refractivity contribution in [3.8, 4) is 5.75 Å². The molecule has 0 fully saturated rings. The van der Waals surface area contributed by atoms with Crippen LogP contribution in [0.15, 0.2) is 77.7 Å². The molecule has 3 aromatic carbocycles. The lowest BCUT2D eigenvalue weighted by Crippen LogP contribution is -2.21. The van der Waals surface area contributed by atoms with Gasteiger partial charge in [0.05, 0.1) is 23.3 Å². The van der Waals surface area contributed by atoms with Gasteiger partial charge in [-0.2, -0.15) is 0 Å². The Morgan fingerprint density at radius 3 is 2.26 bits per heavy atom. The Labute approximate surface area is 180 Å². The van der Waals surface area contributed by atoms with E-state index in [0.717, 1.165) is 0 Å². The maximum Gasteiger partial charge on any atom is 0.261 e. The normalized spacial score (nSPS) is 10.8. The molecule has 3 N–H and O–H groups in total. The minimum Gasteiger partial charge on any atom is -0.497 e. The fourth-order valence-electron chi connectivity index (χ4n) is 2.80. The molecule has 0 aliphatic heterocycles. The fraction of sp³-hybridized carbons (Fsp3) is 0.0909. The second-order valence-corrected chi connectivity index (χ2v) is 8.12. The minimum atomic E-state index is -3.92. The number of rotatable bonds is 7. The number of amides is 2. The van der Waals surface area contributed by atoms with Gasteiger partial charge in [-0.25, -0.2) is 8.42 Å². The zero-order valence-corrected chi connectivity index (χ0v) is 17.7. The molecule has 3 rings (SSSR count). The van der Waals surface area contributed by atoms with Crippen LogP contribution in [0.1, 0.15) is 20.7 Å². The lowest BCUT2D eigenvalue weighted by molar-refractivity contribution is 0.0964. The van der Waals surface area contributed by atoms with Crippen molar-refractivity contribution in [2.24, 2.45) is 0 Å². The van der Waals surface area contributed by atoms with Crippen molar-refractivity contribution in [2.75, 3.05) is 24.2 Å². The van der Waals surface area contributed by atoms with Gasteiger partial charge in [0, 0.05) is 18.3 Å². The number of carbonyl (C=O) groups is 2. The number of para-hydroxylation sites is 1. The summed E-state index contributed by atoms with van der Waals surface area (Å²) in [5, 5.41) is 5.16. The van der Waals surface area contributed by atoms with Gasteiger partial charge in [-0.05, 0) is 54.6 Å². The zero-order chi connectivity index (χ0) is 22.4. The highest BCUT2D eigenvalue weighted by molar-refractivity contribution is 7.92. The molecule has 31 heavy (non-hydrogen) atoms. The van der Waals surface area contributed by atoms with Crippen molar-refractivity contribution in [1.29, 1.82) is 0 Å². The number of hydrogen-bond acceptors (Lipinski definition) is 5. The van der Waals surface area contributed by atoms with E-state index < -0.39 is 15.9 Å². The molecule has 0 aromatic heterocycles. The highest BCUT2D eigenvalue weighted by Crippen LogP contribution is 2.21. The second kappa shape index (κ2) is 9.31. The predicted octanol–water partition coefficient (Wildman–Crippen LogP) is 3.11. The van der Waals surface area contributed by atoms with Gasteiger partial charge >= 0.3 is 0 Å². The Bertz CT molecular complexity index is 1210. The molecule has 2 amide bonds. The number of carbonyl (C=O) groups excluding carboxylic acids is 2. The minimum absolute atomic E-state index is 0.0736. The quantitative estimate of drug-likeness (QED) is 0.524. The molecule has 0 atom stereocenters. The SMILES string of the molecule is CNC(=O)c1ccccc1NC(=O)c1cccc(S(=O)(=O)Nc2ccc(OC)cc2)c1. The highest BCUT2D eigenvalue weighted by atomic mass is 32.2. The van der Waals surface area contributed by atoms with Crippen molar-refractivity contribution in [1.82, 2.24) is 5.32 Å². The molecule has 0 saturated carbocycles. The van der Waals surface area contributed by atoms with Gasteiger partial charge in [0.15, 0.2) is 0 Å². The topological polar surface area (TPSA) is 114 Å². The summed E-state index contributed by atoms with van der Waals surface area (Å²) < 4.78 is 33.0. The Morgan fingerprint density at radius 2 is 1.58 bits per heavy atom. The number of benzene rings is 3. The van der Waals surface area contributed by atoms with Crippen molar-refractivity contribution in [3.63, 3.8) is 0 Å². The first-order valence-corrected chi connectivity index (χ1v) is 10.7. The second-order valence-electron chi connectivity index (χ2n) is 6.44. The van der Waals surface area contributed by atoms with Crippen LogP contribution in [0.4, 0.5) is 11.4 Å². The highest BCUT2D eigenvalue weighted by Gasteiger charge is 2.18. The van der Waals surface area contributed by atoms with Crippen LogP contribution < -0.4 is 20.1 Å². The summed E-state index contributed by atoms with van der Waals surface area (Å²) in [6.45, 7) is 0. The van der Waals surface area contributed by atoms with Crippen LogP contribution >= 0.6 is 0 Å². The summed E-state index contributed by atoms with van der Waals surface area (Å²) in [5.41, 5.74) is 1.10. The standard InChI is InChI=1S/C22H21N3O5S/c1-23-22(27)19-8-3-4-9-20(19)24-21(26)15-6-5-7-18(14-15)31(28,29)25-16-10-12-17(30-2)13-11-16/h3-14,25H,1-2H3,(H,23,27)(H,24,26).